The number of carbonyl (C=O) groups is 1. The predicted octanol–water partition coefficient (Wildman–Crippen LogP) is 1.93. The second-order valence-corrected chi connectivity index (χ2v) is 5.43. The van der Waals surface area contributed by atoms with Crippen LogP contribution in [0.1, 0.15) is 31.7 Å². The van der Waals surface area contributed by atoms with Crippen molar-refractivity contribution in [1.82, 2.24) is 4.90 Å². The molecule has 0 aromatic carbocycles. The number of nitrogens with zero attached hydrogens (tertiary/aromatic N) is 2. The Hall–Kier alpha value is -1.38. The third-order valence-corrected chi connectivity index (χ3v) is 3.78. The van der Waals surface area contributed by atoms with Gasteiger partial charge in [0.1, 0.15) is 0 Å². The first-order valence-corrected chi connectivity index (χ1v) is 6.88. The molecule has 3 nitrogen and oxygen atoms in total. The summed E-state index contributed by atoms with van der Waals surface area (Å²) in [4.78, 5) is 14.1. The molecule has 0 saturated carbocycles. The Morgan fingerprint density at radius 2 is 1.94 bits per heavy atom. The number of aryl methyl sites for hydroxylation is 2. The fourth-order valence-corrected chi connectivity index (χ4v) is 2.32. The molecule has 0 bridgehead atoms. The lowest BCUT2D eigenvalue weighted by Gasteiger charge is -2.30. The zero-order chi connectivity index (χ0) is 13.0. The summed E-state index contributed by atoms with van der Waals surface area (Å²) in [5.74, 6) is 1.08. The van der Waals surface area contributed by atoms with Crippen LogP contribution in [-0.4, -0.2) is 23.9 Å². The second-order valence-electron chi connectivity index (χ2n) is 5.43. The van der Waals surface area contributed by atoms with Crippen LogP contribution in [-0.2, 0) is 11.3 Å². The van der Waals surface area contributed by atoms with Crippen LogP contribution in [0.25, 0.3) is 0 Å². The summed E-state index contributed by atoms with van der Waals surface area (Å²) in [5.41, 5.74) is 1.25. The van der Waals surface area contributed by atoms with Gasteiger partial charge >= 0.3 is 0 Å². The lowest BCUT2D eigenvalue weighted by atomic mass is 9.99. The van der Waals surface area contributed by atoms with Crippen molar-refractivity contribution in [3.8, 4) is 0 Å². The highest BCUT2D eigenvalue weighted by Crippen LogP contribution is 2.16. The van der Waals surface area contributed by atoms with E-state index in [9.17, 15) is 4.79 Å². The normalized spacial score (nSPS) is 16.9. The summed E-state index contributed by atoms with van der Waals surface area (Å²) >= 11 is 0. The minimum atomic E-state index is 0.301. The first-order chi connectivity index (χ1) is 8.65. The molecule has 0 spiro atoms. The highest BCUT2D eigenvalue weighted by molar-refractivity contribution is 5.76. The van der Waals surface area contributed by atoms with E-state index in [-0.39, 0.29) is 0 Å². The summed E-state index contributed by atoms with van der Waals surface area (Å²) in [7, 11) is 0. The molecule has 2 rings (SSSR count). The van der Waals surface area contributed by atoms with E-state index in [4.69, 9.17) is 0 Å². The third-order valence-electron chi connectivity index (χ3n) is 3.78. The van der Waals surface area contributed by atoms with E-state index in [1.807, 2.05) is 17.3 Å². The Labute approximate surface area is 109 Å². The Balaban J connectivity index is 1.79. The van der Waals surface area contributed by atoms with Crippen LogP contribution in [0.2, 0.25) is 0 Å². The molecule has 1 fully saturated rings. The van der Waals surface area contributed by atoms with Crippen molar-refractivity contribution < 1.29 is 9.36 Å². The van der Waals surface area contributed by atoms with Gasteiger partial charge < -0.3 is 4.90 Å². The predicted molar refractivity (Wildman–Crippen MR) is 71.0 cm³/mol. The van der Waals surface area contributed by atoms with Crippen molar-refractivity contribution in [2.75, 3.05) is 13.1 Å². The Bertz CT molecular complexity index is 391. The minimum Gasteiger partial charge on any atom is -0.342 e. The number of aromatic nitrogens is 1. The molecular formula is C15H23N2O+. The van der Waals surface area contributed by atoms with Gasteiger partial charge in [-0.25, -0.2) is 4.57 Å². The smallest absolute Gasteiger partial charge is 0.228 e. The van der Waals surface area contributed by atoms with Gasteiger partial charge in [0.25, 0.3) is 0 Å². The molecule has 1 saturated heterocycles. The van der Waals surface area contributed by atoms with Gasteiger partial charge in [-0.2, -0.15) is 0 Å². The molecule has 1 amide bonds. The van der Waals surface area contributed by atoms with Crippen LogP contribution in [0.15, 0.2) is 24.5 Å². The maximum absolute atomic E-state index is 12.1. The SMILES string of the molecule is Cc1cc[n+](CCC(=O)N2CCC(C)CC2)cc1. The second kappa shape index (κ2) is 5.98. The summed E-state index contributed by atoms with van der Waals surface area (Å²) in [6.45, 7) is 7.01. The van der Waals surface area contributed by atoms with E-state index in [1.54, 1.807) is 0 Å². The molecule has 0 unspecified atom stereocenters. The molecule has 0 radical (unpaired) electrons. The Morgan fingerprint density at radius 1 is 1.33 bits per heavy atom. The number of carbonyl (C=O) groups excluding carboxylic acids is 1. The maximum Gasteiger partial charge on any atom is 0.228 e. The van der Waals surface area contributed by atoms with Crippen molar-refractivity contribution in [2.45, 2.75) is 39.7 Å². The summed E-state index contributed by atoms with van der Waals surface area (Å²) in [6, 6.07) is 4.15. The first kappa shape index (κ1) is 13.1. The van der Waals surface area contributed by atoms with Crippen LogP contribution in [0.4, 0.5) is 0 Å². The van der Waals surface area contributed by atoms with Crippen molar-refractivity contribution in [3.05, 3.63) is 30.1 Å². The van der Waals surface area contributed by atoms with Crippen LogP contribution in [0.3, 0.4) is 0 Å². The zero-order valence-corrected chi connectivity index (χ0v) is 11.4. The molecule has 1 aromatic heterocycles. The van der Waals surface area contributed by atoms with Gasteiger partial charge in [-0.05, 0) is 31.2 Å². The minimum absolute atomic E-state index is 0.301. The number of hydrogen-bond donors (Lipinski definition) is 0. The third kappa shape index (κ3) is 3.56. The van der Waals surface area contributed by atoms with Gasteiger partial charge in [0.2, 0.25) is 5.91 Å². The topological polar surface area (TPSA) is 24.2 Å². The van der Waals surface area contributed by atoms with Crippen LogP contribution in [0, 0.1) is 12.8 Å². The monoisotopic (exact) mass is 247 g/mol. The van der Waals surface area contributed by atoms with E-state index in [1.165, 1.54) is 5.56 Å². The average Bonchev–Trinajstić information content (AvgIpc) is 2.38. The Kier molecular flexibility index (Phi) is 4.34. The number of pyridine rings is 1. The maximum atomic E-state index is 12.1. The molecule has 3 heteroatoms. The Morgan fingerprint density at radius 3 is 2.56 bits per heavy atom. The van der Waals surface area contributed by atoms with Crippen molar-refractivity contribution in [1.29, 1.82) is 0 Å². The summed E-state index contributed by atoms with van der Waals surface area (Å²) in [5, 5.41) is 0. The van der Waals surface area contributed by atoms with Gasteiger partial charge in [-0.3, -0.25) is 4.79 Å². The molecule has 98 valence electrons. The van der Waals surface area contributed by atoms with Gasteiger partial charge in [0.15, 0.2) is 18.9 Å². The number of hydrogen-bond acceptors (Lipinski definition) is 1. The average molecular weight is 247 g/mol. The van der Waals surface area contributed by atoms with E-state index in [0.717, 1.165) is 38.4 Å². The van der Waals surface area contributed by atoms with Crippen LogP contribution in [0.5, 0.6) is 0 Å². The van der Waals surface area contributed by atoms with Crippen LogP contribution < -0.4 is 4.57 Å². The standard InChI is InChI=1S/C15H23N2O/c1-13-3-8-16(9-4-13)10-7-15(18)17-11-5-14(2)6-12-17/h3-4,8-9,14H,5-7,10-12H2,1-2H3/q+1. The molecule has 0 N–H and O–H groups in total. The molecule has 0 aliphatic carbocycles. The molecule has 1 aromatic rings. The first-order valence-electron chi connectivity index (χ1n) is 6.88. The van der Waals surface area contributed by atoms with Crippen LogP contribution >= 0.6 is 0 Å². The molecule has 0 atom stereocenters. The lowest BCUT2D eigenvalue weighted by Crippen LogP contribution is -2.41. The van der Waals surface area contributed by atoms with Gasteiger partial charge in [0, 0.05) is 25.2 Å². The fourth-order valence-electron chi connectivity index (χ4n) is 2.32. The molecule has 18 heavy (non-hydrogen) atoms. The lowest BCUT2D eigenvalue weighted by molar-refractivity contribution is -0.696. The number of rotatable bonds is 3. The highest BCUT2D eigenvalue weighted by Gasteiger charge is 2.20. The summed E-state index contributed by atoms with van der Waals surface area (Å²) in [6.07, 6.45) is 7.01. The molecule has 1 aliphatic rings. The molecule has 2 heterocycles. The summed E-state index contributed by atoms with van der Waals surface area (Å²) < 4.78 is 2.08. The largest absolute Gasteiger partial charge is 0.342 e. The quantitative estimate of drug-likeness (QED) is 0.749. The van der Waals surface area contributed by atoms with Gasteiger partial charge in [-0.15, -0.1) is 0 Å². The van der Waals surface area contributed by atoms with Crippen molar-refractivity contribution in [2.24, 2.45) is 5.92 Å². The van der Waals surface area contributed by atoms with E-state index >= 15 is 0 Å². The molecular weight excluding hydrogens is 224 g/mol. The zero-order valence-electron chi connectivity index (χ0n) is 11.4. The van der Waals surface area contributed by atoms with Crippen molar-refractivity contribution in [3.63, 3.8) is 0 Å². The van der Waals surface area contributed by atoms with E-state index in [0.29, 0.717) is 12.3 Å². The van der Waals surface area contributed by atoms with E-state index < -0.39 is 0 Å². The van der Waals surface area contributed by atoms with E-state index in [2.05, 4.69) is 30.5 Å². The fraction of sp³-hybridized carbons (Fsp3) is 0.600. The number of likely N-dealkylation sites (tertiary alicyclic amines) is 1. The number of piperidine rings is 1. The van der Waals surface area contributed by atoms with Gasteiger partial charge in [-0.1, -0.05) is 6.92 Å². The van der Waals surface area contributed by atoms with Crippen molar-refractivity contribution >= 4 is 5.91 Å². The highest BCUT2D eigenvalue weighted by atomic mass is 16.2. The number of amides is 1. The van der Waals surface area contributed by atoms with Gasteiger partial charge in [0.05, 0.1) is 6.42 Å². The molecule has 1 aliphatic heterocycles.